The summed E-state index contributed by atoms with van der Waals surface area (Å²) in [5.74, 6) is -2.91. The maximum absolute atomic E-state index is 14.0. The third-order valence-electron chi connectivity index (χ3n) is 6.19. The number of hydrogen-bond acceptors (Lipinski definition) is 7. The van der Waals surface area contributed by atoms with Crippen molar-refractivity contribution in [3.05, 3.63) is 107 Å². The summed E-state index contributed by atoms with van der Waals surface area (Å²) in [4.78, 5) is 58.3. The number of anilines is 1. The molecule has 2 heterocycles. The third-order valence-corrected chi connectivity index (χ3v) is 6.19. The van der Waals surface area contributed by atoms with Crippen LogP contribution in [0.3, 0.4) is 0 Å². The van der Waals surface area contributed by atoms with Crippen molar-refractivity contribution in [2.45, 2.75) is 19.1 Å². The van der Waals surface area contributed by atoms with E-state index in [2.05, 4.69) is 10.3 Å². The minimum atomic E-state index is -1.60. The van der Waals surface area contributed by atoms with Gasteiger partial charge in [0, 0.05) is 18.5 Å². The number of para-hydroxylation sites is 1. The predicted molar refractivity (Wildman–Crippen MR) is 137 cm³/mol. The first kappa shape index (κ1) is 24.3. The lowest BCUT2D eigenvalue weighted by Crippen LogP contribution is -2.51. The fraction of sp³-hybridized carbons (Fsp3) is 0.103. The molecule has 1 aromatic heterocycles. The average molecular weight is 505 g/mol. The van der Waals surface area contributed by atoms with Crippen LogP contribution in [0.15, 0.2) is 85.1 Å². The van der Waals surface area contributed by atoms with Crippen molar-refractivity contribution in [3.8, 4) is 6.07 Å². The Bertz CT molecular complexity index is 1620. The van der Waals surface area contributed by atoms with Gasteiger partial charge in [-0.2, -0.15) is 5.26 Å². The standard InChI is InChI=1S/C29H20N4O5/c1-17(34)38-26(20-9-4-7-18(15-20)16-30)25(33-28(36)21-11-2-3-12-22(21)29(33)37)27(35)32-23-13-5-8-19-10-6-14-31-24(19)23/h2-15,25-26H,1H3,(H,32,35)/t25-,26-/m0/s1. The Labute approximate surface area is 217 Å². The summed E-state index contributed by atoms with van der Waals surface area (Å²) in [6, 6.07) is 21.5. The lowest BCUT2D eigenvalue weighted by Gasteiger charge is -2.32. The summed E-state index contributed by atoms with van der Waals surface area (Å²) in [5.41, 5.74) is 1.64. The number of nitrogens with zero attached hydrogens (tertiary/aromatic N) is 3. The van der Waals surface area contributed by atoms with Crippen LogP contribution in [0.1, 0.15) is 44.9 Å². The van der Waals surface area contributed by atoms with E-state index in [1.54, 1.807) is 54.7 Å². The van der Waals surface area contributed by atoms with Crippen LogP contribution in [0.5, 0.6) is 0 Å². The molecule has 1 aliphatic heterocycles. The smallest absolute Gasteiger partial charge is 0.303 e. The van der Waals surface area contributed by atoms with Gasteiger partial charge in [-0.1, -0.05) is 42.5 Å². The van der Waals surface area contributed by atoms with Gasteiger partial charge in [-0.25, -0.2) is 0 Å². The fourth-order valence-electron chi connectivity index (χ4n) is 4.54. The van der Waals surface area contributed by atoms with E-state index in [-0.39, 0.29) is 22.3 Å². The highest BCUT2D eigenvalue weighted by molar-refractivity contribution is 6.23. The summed E-state index contributed by atoms with van der Waals surface area (Å²) in [5, 5.41) is 13.0. The monoisotopic (exact) mass is 504 g/mol. The quantitative estimate of drug-likeness (QED) is 0.310. The molecule has 1 N–H and O–H groups in total. The Hall–Kier alpha value is -5.36. The van der Waals surface area contributed by atoms with Gasteiger partial charge in [0.2, 0.25) is 0 Å². The number of hydrogen-bond donors (Lipinski definition) is 1. The Morgan fingerprint density at radius 2 is 1.63 bits per heavy atom. The van der Waals surface area contributed by atoms with Gasteiger partial charge in [0.05, 0.1) is 34.0 Å². The van der Waals surface area contributed by atoms with Crippen LogP contribution in [0, 0.1) is 11.3 Å². The summed E-state index contributed by atoms with van der Waals surface area (Å²) >= 11 is 0. The van der Waals surface area contributed by atoms with Crippen LogP contribution >= 0.6 is 0 Å². The number of imide groups is 1. The lowest BCUT2D eigenvalue weighted by atomic mass is 9.97. The molecular formula is C29H20N4O5. The summed E-state index contributed by atoms with van der Waals surface area (Å²) in [7, 11) is 0. The molecule has 0 bridgehead atoms. The topological polar surface area (TPSA) is 129 Å². The predicted octanol–water partition coefficient (Wildman–Crippen LogP) is 4.01. The second-order valence-corrected chi connectivity index (χ2v) is 8.61. The molecule has 186 valence electrons. The van der Waals surface area contributed by atoms with Crippen molar-refractivity contribution < 1.29 is 23.9 Å². The molecule has 9 heteroatoms. The average Bonchev–Trinajstić information content (AvgIpc) is 3.18. The number of pyridine rings is 1. The van der Waals surface area contributed by atoms with Crippen molar-refractivity contribution in [2.75, 3.05) is 5.32 Å². The highest BCUT2D eigenvalue weighted by Gasteiger charge is 2.48. The molecule has 38 heavy (non-hydrogen) atoms. The highest BCUT2D eigenvalue weighted by atomic mass is 16.5. The number of nitriles is 1. The van der Waals surface area contributed by atoms with Gasteiger partial charge in [0.15, 0.2) is 12.1 Å². The number of carbonyl (C=O) groups is 4. The van der Waals surface area contributed by atoms with E-state index >= 15 is 0 Å². The minimum absolute atomic E-state index is 0.134. The number of rotatable bonds is 6. The second-order valence-electron chi connectivity index (χ2n) is 8.61. The normalized spacial score (nSPS) is 13.9. The Balaban J connectivity index is 1.65. The number of ether oxygens (including phenoxy) is 1. The van der Waals surface area contributed by atoms with E-state index in [0.29, 0.717) is 11.2 Å². The number of fused-ring (bicyclic) bond motifs is 2. The molecule has 0 radical (unpaired) electrons. The zero-order valence-corrected chi connectivity index (χ0v) is 20.1. The fourth-order valence-corrected chi connectivity index (χ4v) is 4.54. The first-order valence-electron chi connectivity index (χ1n) is 11.7. The molecule has 0 aliphatic carbocycles. The van der Waals surface area contributed by atoms with Crippen LogP contribution in [0.2, 0.25) is 0 Å². The van der Waals surface area contributed by atoms with E-state index in [1.165, 1.54) is 18.2 Å². The highest BCUT2D eigenvalue weighted by Crippen LogP contribution is 2.34. The molecule has 5 rings (SSSR count). The zero-order valence-electron chi connectivity index (χ0n) is 20.1. The molecule has 0 fully saturated rings. The molecule has 2 atom stereocenters. The molecular weight excluding hydrogens is 484 g/mol. The summed E-state index contributed by atoms with van der Waals surface area (Å²) < 4.78 is 5.58. The van der Waals surface area contributed by atoms with E-state index in [1.807, 2.05) is 18.2 Å². The molecule has 0 spiro atoms. The van der Waals surface area contributed by atoms with Gasteiger partial charge in [0.25, 0.3) is 17.7 Å². The molecule has 9 nitrogen and oxygen atoms in total. The largest absolute Gasteiger partial charge is 0.455 e. The van der Waals surface area contributed by atoms with E-state index in [4.69, 9.17) is 4.74 Å². The lowest BCUT2D eigenvalue weighted by molar-refractivity contribution is -0.151. The van der Waals surface area contributed by atoms with Gasteiger partial charge >= 0.3 is 5.97 Å². The van der Waals surface area contributed by atoms with Crippen molar-refractivity contribution in [2.24, 2.45) is 0 Å². The van der Waals surface area contributed by atoms with Crippen molar-refractivity contribution in [3.63, 3.8) is 0 Å². The van der Waals surface area contributed by atoms with Crippen molar-refractivity contribution in [1.29, 1.82) is 5.26 Å². The SMILES string of the molecule is CC(=O)O[C@@H](c1cccc(C#N)c1)[C@@H](C(=O)Nc1cccc2cccnc12)N1C(=O)c2ccccc2C1=O. The number of nitrogens with one attached hydrogen (secondary N) is 1. The molecule has 0 saturated carbocycles. The van der Waals surface area contributed by atoms with Crippen LogP contribution in [-0.2, 0) is 14.3 Å². The number of amides is 3. The van der Waals surface area contributed by atoms with E-state index in [9.17, 15) is 24.4 Å². The molecule has 3 aromatic carbocycles. The number of benzene rings is 3. The van der Waals surface area contributed by atoms with Crippen LogP contribution < -0.4 is 5.32 Å². The molecule has 3 amide bonds. The van der Waals surface area contributed by atoms with Gasteiger partial charge in [-0.05, 0) is 42.0 Å². The Morgan fingerprint density at radius 3 is 2.32 bits per heavy atom. The van der Waals surface area contributed by atoms with E-state index in [0.717, 1.165) is 17.2 Å². The van der Waals surface area contributed by atoms with Gasteiger partial charge < -0.3 is 10.1 Å². The Kier molecular flexibility index (Phi) is 6.37. The number of carbonyl (C=O) groups excluding carboxylic acids is 4. The van der Waals surface area contributed by atoms with Crippen molar-refractivity contribution in [1.82, 2.24) is 9.88 Å². The molecule has 1 aliphatic rings. The second kappa shape index (κ2) is 9.95. The summed E-state index contributed by atoms with van der Waals surface area (Å²) in [6.45, 7) is 1.16. The minimum Gasteiger partial charge on any atom is -0.455 e. The maximum atomic E-state index is 14.0. The summed E-state index contributed by atoms with van der Waals surface area (Å²) in [6.07, 6.45) is 0.181. The van der Waals surface area contributed by atoms with Gasteiger partial charge in [-0.3, -0.25) is 29.1 Å². The Morgan fingerprint density at radius 1 is 0.947 bits per heavy atom. The van der Waals surface area contributed by atoms with E-state index < -0.39 is 35.8 Å². The third kappa shape index (κ3) is 4.35. The first-order chi connectivity index (χ1) is 18.4. The van der Waals surface area contributed by atoms with Gasteiger partial charge in [0.1, 0.15) is 0 Å². The molecule has 0 unspecified atom stereocenters. The number of aromatic nitrogens is 1. The van der Waals surface area contributed by atoms with Crippen LogP contribution in [-0.4, -0.2) is 39.6 Å². The van der Waals surface area contributed by atoms with Gasteiger partial charge in [-0.15, -0.1) is 0 Å². The van der Waals surface area contributed by atoms with Crippen LogP contribution in [0.4, 0.5) is 5.69 Å². The maximum Gasteiger partial charge on any atom is 0.303 e. The first-order valence-corrected chi connectivity index (χ1v) is 11.7. The van der Waals surface area contributed by atoms with Crippen molar-refractivity contribution >= 4 is 40.3 Å². The zero-order chi connectivity index (χ0) is 26.8. The molecule has 0 saturated heterocycles. The molecule has 4 aromatic rings. The number of esters is 1. The van der Waals surface area contributed by atoms with Crippen LogP contribution in [0.25, 0.3) is 10.9 Å².